The van der Waals surface area contributed by atoms with Gasteiger partial charge in [-0.3, -0.25) is 13.9 Å². The van der Waals surface area contributed by atoms with Crippen LogP contribution in [-0.4, -0.2) is 22.2 Å². The van der Waals surface area contributed by atoms with Gasteiger partial charge < -0.3 is 10.6 Å². The van der Waals surface area contributed by atoms with Crippen LogP contribution >= 0.6 is 0 Å². The van der Waals surface area contributed by atoms with Crippen molar-refractivity contribution < 1.29 is 4.90 Å². The fraction of sp³-hybridized carbons (Fsp3) is 0.636. The van der Waals surface area contributed by atoms with E-state index < -0.39 is 0 Å². The summed E-state index contributed by atoms with van der Waals surface area (Å²) in [5.74, 6) is 0.275. The van der Waals surface area contributed by atoms with Crippen molar-refractivity contribution in [3.8, 4) is 0 Å². The molecule has 0 atom stereocenters. The zero-order valence-electron chi connectivity index (χ0n) is 10.9. The monoisotopic (exact) mass is 241 g/mol. The summed E-state index contributed by atoms with van der Waals surface area (Å²) in [6.45, 7) is 6.51. The molecule has 96 valence electrons. The summed E-state index contributed by atoms with van der Waals surface area (Å²) in [5, 5.41) is 0. The van der Waals surface area contributed by atoms with Crippen LogP contribution in [0.2, 0.25) is 0 Å². The second kappa shape index (κ2) is 5.18. The van der Waals surface area contributed by atoms with E-state index in [0.717, 1.165) is 17.7 Å². The SMILES string of the molecule is CC[NH+](CC)Cc1c(N)n(C)c(=O)n(C)c1=O. The van der Waals surface area contributed by atoms with E-state index in [4.69, 9.17) is 5.73 Å². The van der Waals surface area contributed by atoms with Gasteiger partial charge >= 0.3 is 5.69 Å². The third kappa shape index (κ3) is 2.41. The lowest BCUT2D eigenvalue weighted by molar-refractivity contribution is -0.910. The Labute approximate surface area is 100 Å². The number of quaternary nitrogens is 1. The zero-order chi connectivity index (χ0) is 13.2. The standard InChI is InChI=1S/C11H20N4O2/c1-5-15(6-2)7-8-9(12)13(3)11(17)14(4)10(8)16/h5-7,12H2,1-4H3/p+1. The molecule has 3 N–H and O–H groups in total. The predicted molar refractivity (Wildman–Crippen MR) is 67.1 cm³/mol. The highest BCUT2D eigenvalue weighted by Gasteiger charge is 2.17. The Balaban J connectivity index is 3.35. The van der Waals surface area contributed by atoms with Crippen LogP contribution in [0, 0.1) is 0 Å². The first-order valence-electron chi connectivity index (χ1n) is 5.81. The molecular formula is C11H21N4O2+. The molecule has 0 aliphatic heterocycles. The van der Waals surface area contributed by atoms with Gasteiger partial charge in [0.15, 0.2) is 0 Å². The minimum Gasteiger partial charge on any atom is -0.384 e. The summed E-state index contributed by atoms with van der Waals surface area (Å²) in [6, 6.07) is 0. The number of aromatic nitrogens is 2. The van der Waals surface area contributed by atoms with Crippen molar-refractivity contribution in [2.24, 2.45) is 14.1 Å². The maximum absolute atomic E-state index is 12.0. The molecule has 1 rings (SSSR count). The Hall–Kier alpha value is -1.56. The van der Waals surface area contributed by atoms with Crippen LogP contribution in [0.3, 0.4) is 0 Å². The van der Waals surface area contributed by atoms with Crippen LogP contribution in [0.25, 0.3) is 0 Å². The second-order valence-corrected chi connectivity index (χ2v) is 4.20. The third-order valence-corrected chi connectivity index (χ3v) is 3.23. The van der Waals surface area contributed by atoms with E-state index in [0.29, 0.717) is 12.1 Å². The predicted octanol–water partition coefficient (Wildman–Crippen LogP) is -1.91. The Kier molecular flexibility index (Phi) is 4.11. The van der Waals surface area contributed by atoms with Gasteiger partial charge in [-0.25, -0.2) is 4.79 Å². The zero-order valence-corrected chi connectivity index (χ0v) is 10.9. The highest BCUT2D eigenvalue weighted by Crippen LogP contribution is 2.00. The van der Waals surface area contributed by atoms with E-state index in [9.17, 15) is 9.59 Å². The summed E-state index contributed by atoms with van der Waals surface area (Å²) < 4.78 is 2.42. The maximum Gasteiger partial charge on any atom is 0.332 e. The quantitative estimate of drug-likeness (QED) is 0.646. The van der Waals surface area contributed by atoms with Gasteiger partial charge in [-0.2, -0.15) is 0 Å². The molecule has 6 heteroatoms. The summed E-state index contributed by atoms with van der Waals surface area (Å²) in [4.78, 5) is 24.9. The molecule has 17 heavy (non-hydrogen) atoms. The minimum absolute atomic E-state index is 0.275. The summed E-state index contributed by atoms with van der Waals surface area (Å²) in [6.07, 6.45) is 0. The minimum atomic E-state index is -0.384. The summed E-state index contributed by atoms with van der Waals surface area (Å²) >= 11 is 0. The van der Waals surface area contributed by atoms with Gasteiger partial charge in [0, 0.05) is 14.1 Å². The fourth-order valence-corrected chi connectivity index (χ4v) is 1.85. The van der Waals surface area contributed by atoms with Crippen molar-refractivity contribution in [3.05, 3.63) is 26.4 Å². The Morgan fingerprint density at radius 3 is 2.12 bits per heavy atom. The number of nitrogen functional groups attached to an aromatic ring is 1. The molecule has 0 aromatic carbocycles. The molecule has 0 unspecified atom stereocenters. The second-order valence-electron chi connectivity index (χ2n) is 4.20. The normalized spacial score (nSPS) is 11.1. The van der Waals surface area contributed by atoms with Crippen LogP contribution in [0.4, 0.5) is 5.82 Å². The Morgan fingerprint density at radius 1 is 1.12 bits per heavy atom. The first-order chi connectivity index (χ1) is 7.93. The summed E-state index contributed by atoms with van der Waals surface area (Å²) in [5.41, 5.74) is 5.70. The fourth-order valence-electron chi connectivity index (χ4n) is 1.85. The number of nitrogens with two attached hydrogens (primary N) is 1. The van der Waals surface area contributed by atoms with Gasteiger partial charge in [0.05, 0.1) is 13.1 Å². The Morgan fingerprint density at radius 2 is 1.65 bits per heavy atom. The maximum atomic E-state index is 12.0. The van der Waals surface area contributed by atoms with Gasteiger partial charge in [0.1, 0.15) is 17.9 Å². The molecule has 0 spiro atoms. The molecule has 0 bridgehead atoms. The van der Waals surface area contributed by atoms with E-state index in [1.165, 1.54) is 16.5 Å². The molecule has 0 radical (unpaired) electrons. The molecule has 0 saturated heterocycles. The number of anilines is 1. The average molecular weight is 241 g/mol. The topological polar surface area (TPSA) is 74.5 Å². The number of rotatable bonds is 4. The van der Waals surface area contributed by atoms with Gasteiger partial charge in [-0.15, -0.1) is 0 Å². The van der Waals surface area contributed by atoms with E-state index in [1.54, 1.807) is 7.05 Å². The van der Waals surface area contributed by atoms with Crippen molar-refractivity contribution in [1.29, 1.82) is 0 Å². The van der Waals surface area contributed by atoms with E-state index in [1.807, 2.05) is 0 Å². The van der Waals surface area contributed by atoms with Gasteiger partial charge in [-0.05, 0) is 13.8 Å². The molecular weight excluding hydrogens is 220 g/mol. The van der Waals surface area contributed by atoms with Crippen molar-refractivity contribution in [3.63, 3.8) is 0 Å². The third-order valence-electron chi connectivity index (χ3n) is 3.23. The lowest BCUT2D eigenvalue weighted by Gasteiger charge is -2.17. The smallest absolute Gasteiger partial charge is 0.332 e. The number of hydrogen-bond donors (Lipinski definition) is 2. The highest BCUT2D eigenvalue weighted by molar-refractivity contribution is 5.37. The van der Waals surface area contributed by atoms with Crippen molar-refractivity contribution in [2.75, 3.05) is 18.8 Å². The van der Waals surface area contributed by atoms with Crippen molar-refractivity contribution in [2.45, 2.75) is 20.4 Å². The molecule has 1 aromatic rings. The van der Waals surface area contributed by atoms with Crippen LogP contribution in [-0.2, 0) is 20.6 Å². The first kappa shape index (κ1) is 13.5. The molecule has 1 aromatic heterocycles. The average Bonchev–Trinajstić information content (AvgIpc) is 2.34. The van der Waals surface area contributed by atoms with Crippen LogP contribution in [0.15, 0.2) is 9.59 Å². The van der Waals surface area contributed by atoms with Gasteiger partial charge in [0.25, 0.3) is 5.56 Å². The summed E-state index contributed by atoms with van der Waals surface area (Å²) in [7, 11) is 3.06. The van der Waals surface area contributed by atoms with Gasteiger partial charge in [0.2, 0.25) is 0 Å². The van der Waals surface area contributed by atoms with Crippen LogP contribution in [0.1, 0.15) is 19.4 Å². The van der Waals surface area contributed by atoms with Crippen molar-refractivity contribution >= 4 is 5.82 Å². The number of nitrogens with one attached hydrogen (secondary N) is 1. The molecule has 1 heterocycles. The van der Waals surface area contributed by atoms with E-state index >= 15 is 0 Å². The van der Waals surface area contributed by atoms with Crippen LogP contribution < -0.4 is 21.9 Å². The van der Waals surface area contributed by atoms with E-state index in [2.05, 4.69) is 13.8 Å². The van der Waals surface area contributed by atoms with Crippen molar-refractivity contribution in [1.82, 2.24) is 9.13 Å². The van der Waals surface area contributed by atoms with E-state index in [-0.39, 0.29) is 17.1 Å². The largest absolute Gasteiger partial charge is 0.384 e. The molecule has 0 aliphatic carbocycles. The lowest BCUT2D eigenvalue weighted by Crippen LogP contribution is -3.10. The van der Waals surface area contributed by atoms with Crippen LogP contribution in [0.5, 0.6) is 0 Å². The molecule has 0 fully saturated rings. The highest BCUT2D eigenvalue weighted by atomic mass is 16.2. The lowest BCUT2D eigenvalue weighted by atomic mass is 10.2. The number of nitrogens with zero attached hydrogens (tertiary/aromatic N) is 2. The molecule has 0 amide bonds. The first-order valence-corrected chi connectivity index (χ1v) is 5.81. The number of hydrogen-bond acceptors (Lipinski definition) is 3. The molecule has 0 aliphatic rings. The van der Waals surface area contributed by atoms with Gasteiger partial charge in [-0.1, -0.05) is 0 Å². The Bertz CT molecular complexity index is 511. The molecule has 6 nitrogen and oxygen atoms in total. The molecule has 0 saturated carbocycles.